The molecule has 8 N–H and O–H groups in total. The van der Waals surface area contributed by atoms with Gasteiger partial charge in [-0.2, -0.15) is 0 Å². The number of nitrogens with one attached hydrogen (secondary N) is 3. The number of alkyl halides is 2. The summed E-state index contributed by atoms with van der Waals surface area (Å²) in [5, 5.41) is 38.7. The summed E-state index contributed by atoms with van der Waals surface area (Å²) in [7, 11) is -5.13. The Hall–Kier alpha value is -4.44. The number of allylic oxidation sites excluding steroid dienone is 4. The van der Waals surface area contributed by atoms with Crippen LogP contribution in [-0.2, 0) is 60.5 Å². The van der Waals surface area contributed by atoms with Crippen LogP contribution in [0.5, 0.6) is 0 Å². The Labute approximate surface area is 380 Å². The Kier molecular flexibility index (Phi) is 13.7. The number of ketones is 2. The number of aromatic nitrogens is 1. The van der Waals surface area contributed by atoms with Crippen molar-refractivity contribution in [3.05, 3.63) is 77.2 Å². The number of fused-ring (bicyclic) bond motifs is 7. The molecule has 5 aliphatic rings. The van der Waals surface area contributed by atoms with Gasteiger partial charge in [0.25, 0.3) is 0 Å². The van der Waals surface area contributed by atoms with Crippen LogP contribution >= 0.6 is 23.8 Å². The number of carboxylic acids is 1. The molecule has 0 bridgehead atoms. The molecule has 352 valence electrons. The zero-order valence-corrected chi connectivity index (χ0v) is 37.9. The number of amides is 3. The second-order valence-corrected chi connectivity index (χ2v) is 19.5. The number of phosphoric acid groups is 1. The summed E-state index contributed by atoms with van der Waals surface area (Å²) < 4.78 is 49.3. The second-order valence-electron chi connectivity index (χ2n) is 17.7. The molecule has 65 heavy (non-hydrogen) atoms. The van der Waals surface area contributed by atoms with Crippen molar-refractivity contribution in [3.8, 4) is 0 Å². The van der Waals surface area contributed by atoms with Gasteiger partial charge in [-0.1, -0.05) is 40.6 Å². The minimum absolute atomic E-state index is 0.0513. The Morgan fingerprint density at radius 3 is 2.57 bits per heavy atom. The molecule has 0 spiro atoms. The number of ether oxygens (including phenoxy) is 2. The Morgan fingerprint density at radius 1 is 1.12 bits per heavy atom. The number of carboxylic acid groups (broad SMARTS) is 1. The lowest BCUT2D eigenvalue weighted by Crippen LogP contribution is -2.69. The zero-order valence-electron chi connectivity index (χ0n) is 35.4. The molecule has 19 nitrogen and oxygen atoms in total. The highest BCUT2D eigenvalue weighted by Crippen LogP contribution is 2.72. The number of phosphoric ester groups is 1. The first-order valence-corrected chi connectivity index (χ1v) is 23.6. The van der Waals surface area contributed by atoms with Crippen molar-refractivity contribution in [1.82, 2.24) is 15.2 Å². The maximum absolute atomic E-state index is 17.9. The largest absolute Gasteiger partial charge is 0.481 e. The number of aliphatic hydroxyl groups excluding tert-OH is 2. The zero-order chi connectivity index (χ0) is 47.3. The van der Waals surface area contributed by atoms with E-state index in [0.29, 0.717) is 28.7 Å². The monoisotopic (exact) mass is 992 g/mol. The topological polar surface area (TPSA) is 289 Å². The number of anilines is 1. The average Bonchev–Trinajstić information content (AvgIpc) is 3.94. The van der Waals surface area contributed by atoms with E-state index in [4.69, 9.17) is 14.0 Å². The van der Waals surface area contributed by atoms with Crippen LogP contribution in [0.4, 0.5) is 10.1 Å². The highest BCUT2D eigenvalue weighted by molar-refractivity contribution is 9.09. The van der Waals surface area contributed by atoms with E-state index in [0.717, 1.165) is 0 Å². The molecule has 1 aliphatic heterocycles. The van der Waals surface area contributed by atoms with Gasteiger partial charge in [0.2, 0.25) is 17.7 Å². The highest BCUT2D eigenvalue weighted by Gasteiger charge is 2.79. The predicted octanol–water partition coefficient (Wildman–Crippen LogP) is 2.64. The molecule has 0 radical (unpaired) electrons. The fourth-order valence-corrected chi connectivity index (χ4v) is 11.5. The molecule has 3 saturated carbocycles. The van der Waals surface area contributed by atoms with Gasteiger partial charge in [-0.25, -0.2) is 8.96 Å². The van der Waals surface area contributed by atoms with Crippen LogP contribution in [0.15, 0.2) is 60.5 Å². The number of Topliss-reactive ketones (excluding diaryl/α,β-unsaturated/α-hetero) is 1. The minimum atomic E-state index is -5.13. The molecular formula is C43H51BrFN4O15P. The molecule has 1 saturated heterocycles. The minimum Gasteiger partial charge on any atom is -0.481 e. The van der Waals surface area contributed by atoms with Crippen LogP contribution in [0.3, 0.4) is 0 Å². The van der Waals surface area contributed by atoms with Gasteiger partial charge < -0.3 is 55.1 Å². The molecule has 22 heteroatoms. The molecule has 10 atom stereocenters. The van der Waals surface area contributed by atoms with E-state index in [1.165, 1.54) is 24.3 Å². The summed E-state index contributed by atoms with van der Waals surface area (Å²) >= 11 is 2.96. The smallest absolute Gasteiger partial charge is 0.470 e. The van der Waals surface area contributed by atoms with Gasteiger partial charge in [-0.3, -0.25) is 33.3 Å². The van der Waals surface area contributed by atoms with Crippen molar-refractivity contribution in [3.63, 3.8) is 0 Å². The Morgan fingerprint density at radius 2 is 1.88 bits per heavy atom. The number of hydrogen-bond donors (Lipinski definition) is 8. The summed E-state index contributed by atoms with van der Waals surface area (Å²) in [6.45, 7) is 1.60. The lowest BCUT2D eigenvalue weighted by atomic mass is 9.44. The molecule has 1 aromatic heterocycles. The third-order valence-electron chi connectivity index (χ3n) is 14.0. The van der Waals surface area contributed by atoms with Gasteiger partial charge in [-0.05, 0) is 80.9 Å². The van der Waals surface area contributed by atoms with Crippen molar-refractivity contribution < 1.29 is 76.8 Å². The number of aliphatic carboxylic acids is 1. The summed E-state index contributed by atoms with van der Waals surface area (Å²) in [6.07, 6.45) is 3.56. The normalized spacial score (nSPS) is 31.7. The van der Waals surface area contributed by atoms with E-state index < -0.39 is 122 Å². The van der Waals surface area contributed by atoms with Crippen molar-refractivity contribution in [2.75, 3.05) is 23.8 Å². The van der Waals surface area contributed by atoms with E-state index in [1.54, 1.807) is 49.0 Å². The van der Waals surface area contributed by atoms with Gasteiger partial charge in [0.1, 0.15) is 12.6 Å². The molecule has 2 aromatic rings. The SMILES string of the molecule is C[C@]12C=CC(=O)C=C1CC[C@H]1[C@@H]3C[C@H]4O[C@@H](c5ccn(Cc6ccc(NC(=O)[C@H](CCC(=O)O)NC(=O)CNC(=O)CBr)c(CO)c6)c5)O[C@@]4(C(=O)COP(=O)(O)O)[C@@]3(C)C[C@H](O)[C@@]12F. The third-order valence-corrected chi connectivity index (χ3v) is 15.0. The quantitative estimate of drug-likeness (QED) is 0.0836. The molecular weight excluding hydrogens is 942 g/mol. The van der Waals surface area contributed by atoms with Crippen LogP contribution in [0, 0.1) is 22.7 Å². The third kappa shape index (κ3) is 8.94. The molecule has 4 fully saturated rings. The Bertz CT molecular complexity index is 2390. The van der Waals surface area contributed by atoms with Crippen LogP contribution in [0.1, 0.15) is 75.4 Å². The number of benzene rings is 1. The van der Waals surface area contributed by atoms with E-state index in [2.05, 4.69) is 31.9 Å². The summed E-state index contributed by atoms with van der Waals surface area (Å²) in [5.74, 6) is -5.65. The van der Waals surface area contributed by atoms with Gasteiger partial charge in [0.05, 0.1) is 30.7 Å². The van der Waals surface area contributed by atoms with E-state index in [-0.39, 0.29) is 49.0 Å². The number of aliphatic hydroxyl groups is 2. The number of hydrogen-bond acceptors (Lipinski definition) is 12. The maximum Gasteiger partial charge on any atom is 0.470 e. The first-order valence-electron chi connectivity index (χ1n) is 21.0. The molecule has 4 aliphatic carbocycles. The molecule has 1 aromatic carbocycles. The number of carbonyl (C=O) groups is 6. The van der Waals surface area contributed by atoms with Crippen LogP contribution in [-0.4, -0.2) is 113 Å². The predicted molar refractivity (Wildman–Crippen MR) is 228 cm³/mol. The highest BCUT2D eigenvalue weighted by atomic mass is 79.9. The van der Waals surface area contributed by atoms with Crippen molar-refractivity contribution in [2.24, 2.45) is 22.7 Å². The van der Waals surface area contributed by atoms with Crippen molar-refractivity contribution in [2.45, 2.75) is 101 Å². The molecule has 7 rings (SSSR count). The fraction of sp³-hybridized carbons (Fsp3) is 0.535. The first kappa shape index (κ1) is 48.5. The van der Waals surface area contributed by atoms with Crippen molar-refractivity contribution >= 4 is 64.7 Å². The van der Waals surface area contributed by atoms with Crippen LogP contribution in [0.2, 0.25) is 0 Å². The summed E-state index contributed by atoms with van der Waals surface area (Å²) in [5.41, 5.74) is -4.56. The first-order chi connectivity index (χ1) is 30.6. The van der Waals surface area contributed by atoms with Crippen LogP contribution in [0.25, 0.3) is 0 Å². The lowest BCUT2D eigenvalue weighted by Gasteiger charge is -2.62. The molecule has 3 amide bonds. The maximum atomic E-state index is 17.9. The van der Waals surface area contributed by atoms with E-state index in [1.807, 2.05) is 0 Å². The van der Waals surface area contributed by atoms with Crippen LogP contribution < -0.4 is 16.0 Å². The molecule has 2 heterocycles. The van der Waals surface area contributed by atoms with Gasteiger partial charge in [-0.15, -0.1) is 0 Å². The number of carbonyl (C=O) groups excluding carboxylic acids is 5. The Balaban J connectivity index is 1.09. The summed E-state index contributed by atoms with van der Waals surface area (Å²) in [6, 6.07) is 5.23. The summed E-state index contributed by atoms with van der Waals surface area (Å²) in [4.78, 5) is 94.4. The molecule has 0 unspecified atom stereocenters. The second kappa shape index (κ2) is 18.3. The number of rotatable bonds is 17. The number of halogens is 2. The lowest BCUT2D eigenvalue weighted by molar-refractivity contribution is -0.231. The fourth-order valence-electron chi connectivity index (χ4n) is 11.0. The van der Waals surface area contributed by atoms with Gasteiger partial charge in [0.15, 0.2) is 29.1 Å². The average molecular weight is 994 g/mol. The van der Waals surface area contributed by atoms with E-state index >= 15 is 4.39 Å². The standard InChI is InChI=1S/C43H51BrFN4O15P/c1-40-11-9-27(51)14-26(40)4-5-28-29-15-34-43(33(53)22-62-65(59,60)61,41(29,2)16-32(52)42(28,40)45)64-39(63-34)24-10-12-49(20-24)19-23-3-6-30(25(13-23)21-50)48-38(58)31(7-8-37(56)57)47-36(55)18-46-35(54)17-44/h3,6,9-14,20,28-29,31-32,34,39,50,52H,4-5,7-8,15-19,21-22H2,1-2H3,(H,46,54)(H,47,55)(H,48,58)(H,56,57)(H2,59,60,61)/t28-,29-,31-,32-,34+,39+,40-,41-,42-,43+/m0/s1. The van der Waals surface area contributed by atoms with E-state index in [9.17, 15) is 58.4 Å². The van der Waals surface area contributed by atoms with Crippen molar-refractivity contribution in [1.29, 1.82) is 0 Å². The van der Waals surface area contributed by atoms with Gasteiger partial charge >= 0.3 is 13.8 Å². The van der Waals surface area contributed by atoms with Gasteiger partial charge in [0, 0.05) is 58.9 Å². The number of nitrogens with zero attached hydrogens (tertiary/aromatic N) is 1.